The Bertz CT molecular complexity index is 2420. The summed E-state index contributed by atoms with van der Waals surface area (Å²) >= 11 is 1.95. The molecule has 0 spiro atoms. The molecule has 2 heteroatoms. The van der Waals surface area contributed by atoms with Crippen LogP contribution in [0.1, 0.15) is 25.0 Å². The van der Waals surface area contributed by atoms with Gasteiger partial charge in [-0.2, -0.15) is 0 Å². The molecule has 1 aliphatic rings. The minimum Gasteiger partial charge on any atom is -0.310 e. The third kappa shape index (κ3) is 4.44. The lowest BCUT2D eigenvalue weighted by Crippen LogP contribution is -2.14. The Kier molecular flexibility index (Phi) is 6.41. The van der Waals surface area contributed by atoms with Gasteiger partial charge in [0.25, 0.3) is 0 Å². The van der Waals surface area contributed by atoms with E-state index in [1.807, 2.05) is 11.3 Å². The fraction of sp³-hybridized carbons (Fsp3) is 0.0667. The number of para-hydroxylation sites is 1. The summed E-state index contributed by atoms with van der Waals surface area (Å²) in [7, 11) is 0. The molecule has 0 saturated carbocycles. The van der Waals surface area contributed by atoms with Crippen LogP contribution in [-0.4, -0.2) is 0 Å². The van der Waals surface area contributed by atoms with Crippen LogP contribution in [0.4, 0.5) is 17.1 Å². The molecule has 0 amide bonds. The Morgan fingerprint density at radius 2 is 1.04 bits per heavy atom. The Morgan fingerprint density at radius 1 is 0.426 bits per heavy atom. The van der Waals surface area contributed by atoms with Crippen molar-refractivity contribution in [1.82, 2.24) is 0 Å². The molecule has 0 atom stereocenters. The van der Waals surface area contributed by atoms with Crippen LogP contribution < -0.4 is 4.90 Å². The van der Waals surface area contributed by atoms with Gasteiger partial charge in [-0.1, -0.05) is 141 Å². The number of rotatable bonds is 5. The predicted molar refractivity (Wildman–Crippen MR) is 202 cm³/mol. The van der Waals surface area contributed by atoms with E-state index in [4.69, 9.17) is 0 Å². The van der Waals surface area contributed by atoms with Crippen LogP contribution in [0.25, 0.3) is 53.6 Å². The van der Waals surface area contributed by atoms with Crippen LogP contribution in [0.15, 0.2) is 164 Å². The number of thiophene rings is 1. The van der Waals surface area contributed by atoms with Gasteiger partial charge in [-0.15, -0.1) is 11.3 Å². The van der Waals surface area contributed by atoms with E-state index in [9.17, 15) is 0 Å². The summed E-state index contributed by atoms with van der Waals surface area (Å²) in [5.41, 5.74) is 14.0. The van der Waals surface area contributed by atoms with Crippen molar-refractivity contribution < 1.29 is 0 Å². The first-order valence-corrected chi connectivity index (χ1v) is 17.1. The van der Waals surface area contributed by atoms with Crippen molar-refractivity contribution >= 4 is 48.6 Å². The third-order valence-electron chi connectivity index (χ3n) is 9.87. The molecule has 1 aromatic heterocycles. The molecule has 0 fully saturated rings. The van der Waals surface area contributed by atoms with Gasteiger partial charge in [0.1, 0.15) is 0 Å². The molecular formula is C45H33NS. The average molecular weight is 620 g/mol. The van der Waals surface area contributed by atoms with Crippen molar-refractivity contribution in [3.05, 3.63) is 175 Å². The van der Waals surface area contributed by atoms with Crippen molar-refractivity contribution in [2.45, 2.75) is 19.3 Å². The Labute approximate surface area is 280 Å². The third-order valence-corrected chi connectivity index (χ3v) is 11.1. The number of hydrogen-bond donors (Lipinski definition) is 0. The topological polar surface area (TPSA) is 3.24 Å². The lowest BCUT2D eigenvalue weighted by atomic mass is 9.82. The standard InChI is InChI=1S/C45H33NS/c1-45(2)40-22-10-9-19-39(40)42-41(45)28-27-38-37-21-12-20-36(43(37)47-44(38)42)31-23-25-34(26-24-31)46(33-16-7-4-8-17-33)35-18-11-15-32(29-35)30-13-5-3-6-14-30/h3-29H,1-2H3. The van der Waals surface area contributed by atoms with Gasteiger partial charge in [-0.05, 0) is 75.3 Å². The summed E-state index contributed by atoms with van der Waals surface area (Å²) in [5, 5.41) is 2.68. The zero-order chi connectivity index (χ0) is 31.5. The first-order valence-electron chi connectivity index (χ1n) is 16.3. The molecule has 0 bridgehead atoms. The van der Waals surface area contributed by atoms with Crippen molar-refractivity contribution in [2.24, 2.45) is 0 Å². The highest BCUT2D eigenvalue weighted by atomic mass is 32.1. The summed E-state index contributed by atoms with van der Waals surface area (Å²) in [5.74, 6) is 0. The van der Waals surface area contributed by atoms with E-state index < -0.39 is 0 Å². The van der Waals surface area contributed by atoms with Crippen molar-refractivity contribution in [3.63, 3.8) is 0 Å². The molecule has 224 valence electrons. The molecule has 1 nitrogen and oxygen atoms in total. The van der Waals surface area contributed by atoms with Gasteiger partial charge in [0, 0.05) is 48.2 Å². The lowest BCUT2D eigenvalue weighted by molar-refractivity contribution is 0.661. The van der Waals surface area contributed by atoms with E-state index >= 15 is 0 Å². The van der Waals surface area contributed by atoms with Gasteiger partial charge in [0.15, 0.2) is 0 Å². The molecule has 7 aromatic carbocycles. The molecule has 0 saturated heterocycles. The molecule has 1 aliphatic carbocycles. The predicted octanol–water partition coefficient (Wildman–Crippen LogP) is 13.2. The molecule has 0 N–H and O–H groups in total. The Balaban J connectivity index is 1.16. The van der Waals surface area contributed by atoms with E-state index in [1.165, 1.54) is 64.7 Å². The molecule has 0 aliphatic heterocycles. The second kappa shape index (κ2) is 10.8. The van der Waals surface area contributed by atoms with Crippen molar-refractivity contribution in [2.75, 3.05) is 4.90 Å². The summed E-state index contributed by atoms with van der Waals surface area (Å²) in [6.45, 7) is 4.72. The zero-order valence-electron chi connectivity index (χ0n) is 26.4. The number of anilines is 3. The number of fused-ring (bicyclic) bond motifs is 7. The molecule has 47 heavy (non-hydrogen) atoms. The van der Waals surface area contributed by atoms with E-state index in [0.29, 0.717) is 0 Å². The smallest absolute Gasteiger partial charge is 0.0467 e. The fourth-order valence-corrected chi connectivity index (χ4v) is 8.94. The summed E-state index contributed by atoms with van der Waals surface area (Å²) in [6.07, 6.45) is 0. The molecule has 0 radical (unpaired) electrons. The monoisotopic (exact) mass is 619 g/mol. The summed E-state index contributed by atoms with van der Waals surface area (Å²) < 4.78 is 2.74. The second-order valence-electron chi connectivity index (χ2n) is 13.0. The maximum atomic E-state index is 2.37. The molecule has 0 unspecified atom stereocenters. The number of hydrogen-bond acceptors (Lipinski definition) is 2. The van der Waals surface area contributed by atoms with E-state index in [2.05, 4.69) is 183 Å². The Hall–Kier alpha value is -5.44. The van der Waals surface area contributed by atoms with Crippen LogP contribution in [0.5, 0.6) is 0 Å². The van der Waals surface area contributed by atoms with E-state index in [0.717, 1.165) is 17.1 Å². The minimum absolute atomic E-state index is 0.000191. The van der Waals surface area contributed by atoms with Gasteiger partial charge in [-0.25, -0.2) is 0 Å². The van der Waals surface area contributed by atoms with Crippen LogP contribution >= 0.6 is 11.3 Å². The Morgan fingerprint density at radius 3 is 1.85 bits per heavy atom. The molecule has 8 aromatic rings. The van der Waals surface area contributed by atoms with Crippen molar-refractivity contribution in [1.29, 1.82) is 0 Å². The van der Waals surface area contributed by atoms with Gasteiger partial charge in [0.2, 0.25) is 0 Å². The van der Waals surface area contributed by atoms with E-state index in [-0.39, 0.29) is 5.41 Å². The lowest BCUT2D eigenvalue weighted by Gasteiger charge is -2.26. The van der Waals surface area contributed by atoms with Gasteiger partial charge in [0.05, 0.1) is 0 Å². The number of benzene rings is 7. The summed E-state index contributed by atoms with van der Waals surface area (Å²) in [6, 6.07) is 59.7. The zero-order valence-corrected chi connectivity index (χ0v) is 27.3. The second-order valence-corrected chi connectivity index (χ2v) is 14.0. The quantitative estimate of drug-likeness (QED) is 0.185. The minimum atomic E-state index is 0.000191. The SMILES string of the molecule is CC1(C)c2ccccc2-c2c1ccc1c2sc2c(-c3ccc(N(c4ccccc4)c4cccc(-c5ccccc5)c4)cc3)cccc21. The molecular weight excluding hydrogens is 587 g/mol. The maximum Gasteiger partial charge on any atom is 0.0467 e. The van der Waals surface area contributed by atoms with Crippen LogP contribution in [-0.2, 0) is 5.41 Å². The summed E-state index contributed by atoms with van der Waals surface area (Å²) in [4.78, 5) is 2.35. The largest absolute Gasteiger partial charge is 0.310 e. The van der Waals surface area contributed by atoms with Gasteiger partial charge >= 0.3 is 0 Å². The normalized spacial score (nSPS) is 13.1. The first-order chi connectivity index (χ1) is 23.1. The average Bonchev–Trinajstić information content (AvgIpc) is 3.62. The molecule has 1 heterocycles. The van der Waals surface area contributed by atoms with Crippen molar-refractivity contribution in [3.8, 4) is 33.4 Å². The van der Waals surface area contributed by atoms with Gasteiger partial charge < -0.3 is 4.90 Å². The van der Waals surface area contributed by atoms with Crippen LogP contribution in [0.3, 0.4) is 0 Å². The van der Waals surface area contributed by atoms with Crippen LogP contribution in [0, 0.1) is 0 Å². The highest BCUT2D eigenvalue weighted by Crippen LogP contribution is 2.54. The highest BCUT2D eigenvalue weighted by Gasteiger charge is 2.36. The fourth-order valence-electron chi connectivity index (χ4n) is 7.54. The van der Waals surface area contributed by atoms with Crippen LogP contribution in [0.2, 0.25) is 0 Å². The maximum absolute atomic E-state index is 2.37. The first kappa shape index (κ1) is 27.8. The molecule has 9 rings (SSSR count). The highest BCUT2D eigenvalue weighted by molar-refractivity contribution is 7.27. The number of nitrogens with zero attached hydrogens (tertiary/aromatic N) is 1. The van der Waals surface area contributed by atoms with Gasteiger partial charge in [-0.3, -0.25) is 0 Å². The van der Waals surface area contributed by atoms with E-state index in [1.54, 1.807) is 0 Å².